The van der Waals surface area contributed by atoms with Gasteiger partial charge >= 0.3 is 157 Å². The Bertz CT molecular complexity index is 642. The number of halogens is 3. The van der Waals surface area contributed by atoms with Crippen LogP contribution >= 0.6 is 0 Å². The van der Waals surface area contributed by atoms with Crippen LogP contribution < -0.4 is 42.4 Å². The fourth-order valence-corrected chi connectivity index (χ4v) is 7.59. The second-order valence-corrected chi connectivity index (χ2v) is 10.1. The molecule has 0 saturated carbocycles. The Kier molecular flexibility index (Phi) is 14.2. The summed E-state index contributed by atoms with van der Waals surface area (Å²) in [5.74, 6) is 0. The van der Waals surface area contributed by atoms with Crippen LogP contribution in [0.5, 0.6) is 0 Å². The number of allylic oxidation sites excluding steroid dienone is 4. The number of unbranched alkanes of at least 4 members (excludes halogenated alkanes) is 2. The third-order valence-electron chi connectivity index (χ3n) is 5.52. The van der Waals surface area contributed by atoms with Crippen LogP contribution in [0, 0.1) is 20.8 Å². The van der Waals surface area contributed by atoms with Gasteiger partial charge in [0.25, 0.3) is 0 Å². The first-order valence-corrected chi connectivity index (χ1v) is 11.4. The Morgan fingerprint density at radius 2 is 1.42 bits per heavy atom. The largest absolute Gasteiger partial charge is 1.00 e. The minimum atomic E-state index is -0.317. The number of rotatable bonds is 6. The van der Waals surface area contributed by atoms with E-state index in [0.29, 0.717) is 0 Å². The fraction of sp³-hybridized carbons (Fsp3) is 0.524. The van der Waals surface area contributed by atoms with E-state index in [0.717, 1.165) is 5.54 Å². The molecular formula is C21H31Cl3SiTi. The molecule has 0 spiro atoms. The number of hydrogen-bond acceptors (Lipinski definition) is 0. The van der Waals surface area contributed by atoms with Crippen LogP contribution in [0.3, 0.4) is 0 Å². The molecular weight excluding hydrogens is 435 g/mol. The molecule has 2 rings (SSSR count). The van der Waals surface area contributed by atoms with Crippen molar-refractivity contribution < 1.29 is 57.7 Å². The van der Waals surface area contributed by atoms with Gasteiger partial charge in [-0.2, -0.15) is 0 Å². The van der Waals surface area contributed by atoms with E-state index in [1.165, 1.54) is 42.4 Å². The van der Waals surface area contributed by atoms with Crippen molar-refractivity contribution in [2.75, 3.05) is 0 Å². The molecule has 1 aromatic rings. The molecule has 0 aliphatic heterocycles. The molecule has 0 bridgehead atoms. The maximum absolute atomic E-state index is 2.39. The van der Waals surface area contributed by atoms with Gasteiger partial charge in [-0.05, 0) is 0 Å². The maximum atomic E-state index is 2.39. The summed E-state index contributed by atoms with van der Waals surface area (Å²) in [5.41, 5.74) is 10.2. The van der Waals surface area contributed by atoms with Crippen LogP contribution in [0.1, 0.15) is 63.1 Å². The minimum absolute atomic E-state index is 0. The van der Waals surface area contributed by atoms with Crippen LogP contribution in [0.2, 0.25) is 5.54 Å². The van der Waals surface area contributed by atoms with Crippen LogP contribution in [0.15, 0.2) is 32.7 Å². The molecule has 0 N–H and O–H groups in total. The summed E-state index contributed by atoms with van der Waals surface area (Å²) in [5, 5.41) is 1.70. The maximum Gasteiger partial charge on any atom is -1.00 e. The summed E-state index contributed by atoms with van der Waals surface area (Å²) < 4.78 is 1.67. The first-order chi connectivity index (χ1) is 10.9. The van der Waals surface area contributed by atoms with Crippen LogP contribution in [-0.4, -0.2) is 9.52 Å². The second-order valence-electron chi connectivity index (χ2n) is 7.28. The van der Waals surface area contributed by atoms with Crippen molar-refractivity contribution in [3.63, 3.8) is 0 Å². The van der Waals surface area contributed by atoms with E-state index in [1.54, 1.807) is 25.8 Å². The molecule has 144 valence electrons. The van der Waals surface area contributed by atoms with Gasteiger partial charge in [0, 0.05) is 0 Å². The molecule has 1 aliphatic rings. The Labute approximate surface area is 193 Å². The van der Waals surface area contributed by atoms with E-state index in [-0.39, 0.29) is 46.7 Å². The SMILES string of the molecule is CCCCCC1=C(C)C(C)=[C]([Ti+3])C1[SiH2]c1c(C)cc(C)cc1C.[Cl-].[Cl-].[Cl-]. The Hall–Kier alpha value is 0.501. The molecule has 0 radical (unpaired) electrons. The Morgan fingerprint density at radius 1 is 0.885 bits per heavy atom. The first kappa shape index (κ1) is 28.7. The standard InChI is InChI=1S/C21H31Si.3ClH.Ti/c1-7-8-9-10-19-18(6)15(3)13-20(19)22-21-16(4)11-14(2)12-17(21)5;;;;/h11-12,20H,7-10,22H2,1-6H3;3*1H;/q;;;;+3/p-3. The van der Waals surface area contributed by atoms with E-state index in [2.05, 4.69) is 74.1 Å². The molecule has 0 amide bonds. The summed E-state index contributed by atoms with van der Waals surface area (Å²) in [6, 6.07) is 4.76. The third-order valence-corrected chi connectivity index (χ3v) is 10.1. The van der Waals surface area contributed by atoms with Gasteiger partial charge in [-0.25, -0.2) is 0 Å². The predicted octanol–water partition coefficient (Wildman–Crippen LogP) is -4.06. The van der Waals surface area contributed by atoms with E-state index in [1.807, 2.05) is 0 Å². The Morgan fingerprint density at radius 3 is 1.92 bits per heavy atom. The summed E-state index contributed by atoms with van der Waals surface area (Å²) in [7, 11) is -0.317. The molecule has 1 aromatic carbocycles. The monoisotopic (exact) mass is 464 g/mol. The van der Waals surface area contributed by atoms with E-state index < -0.39 is 0 Å². The van der Waals surface area contributed by atoms with Crippen LogP contribution in [-0.2, 0) is 20.4 Å². The van der Waals surface area contributed by atoms with E-state index >= 15 is 0 Å². The molecule has 1 aliphatic carbocycles. The van der Waals surface area contributed by atoms with Gasteiger partial charge in [-0.15, -0.1) is 0 Å². The summed E-state index contributed by atoms with van der Waals surface area (Å²) in [6.07, 6.45) is 5.36. The van der Waals surface area contributed by atoms with Crippen molar-refractivity contribution in [2.24, 2.45) is 0 Å². The third kappa shape index (κ3) is 6.54. The fourth-order valence-electron chi connectivity index (χ4n) is 4.03. The van der Waals surface area contributed by atoms with Crippen molar-refractivity contribution in [3.05, 3.63) is 49.4 Å². The van der Waals surface area contributed by atoms with Crippen LogP contribution in [0.25, 0.3) is 0 Å². The van der Waals surface area contributed by atoms with Gasteiger partial charge in [-0.1, -0.05) is 0 Å². The van der Waals surface area contributed by atoms with Gasteiger partial charge < -0.3 is 37.2 Å². The van der Waals surface area contributed by atoms with Gasteiger partial charge in [0.05, 0.1) is 0 Å². The average molecular weight is 466 g/mol. The molecule has 0 nitrogen and oxygen atoms in total. The summed E-state index contributed by atoms with van der Waals surface area (Å²) >= 11 is 2.39. The molecule has 26 heavy (non-hydrogen) atoms. The number of benzene rings is 1. The van der Waals surface area contributed by atoms with Gasteiger partial charge in [0.15, 0.2) is 0 Å². The van der Waals surface area contributed by atoms with E-state index in [4.69, 9.17) is 0 Å². The molecule has 1 unspecified atom stereocenters. The van der Waals surface area contributed by atoms with Gasteiger partial charge in [-0.3, -0.25) is 0 Å². The quantitative estimate of drug-likeness (QED) is 0.296. The Balaban J connectivity index is 0. The average Bonchev–Trinajstić information content (AvgIpc) is 2.68. The number of aryl methyl sites for hydroxylation is 3. The molecule has 0 aromatic heterocycles. The smallest absolute Gasteiger partial charge is 1.00 e. The molecule has 5 heteroatoms. The van der Waals surface area contributed by atoms with Crippen LogP contribution in [0.4, 0.5) is 0 Å². The summed E-state index contributed by atoms with van der Waals surface area (Å²) in [4.78, 5) is 0. The van der Waals surface area contributed by atoms with Crippen molar-refractivity contribution in [3.8, 4) is 0 Å². The van der Waals surface area contributed by atoms with Crippen molar-refractivity contribution in [1.29, 1.82) is 0 Å². The predicted molar refractivity (Wildman–Crippen MR) is 102 cm³/mol. The number of hydrogen-bond donors (Lipinski definition) is 0. The normalized spacial score (nSPS) is 16.7. The zero-order valence-electron chi connectivity index (χ0n) is 16.9. The minimum Gasteiger partial charge on any atom is -1.00 e. The molecule has 1 atom stereocenters. The van der Waals surface area contributed by atoms with E-state index in [9.17, 15) is 0 Å². The van der Waals surface area contributed by atoms with Crippen molar-refractivity contribution in [1.82, 2.24) is 0 Å². The zero-order valence-corrected chi connectivity index (χ0v) is 22.1. The zero-order chi connectivity index (χ0) is 17.1. The molecule has 0 fully saturated rings. The molecule has 0 saturated heterocycles. The first-order valence-electron chi connectivity index (χ1n) is 9.05. The van der Waals surface area contributed by atoms with Gasteiger partial charge in [0.1, 0.15) is 0 Å². The topological polar surface area (TPSA) is 0 Å². The molecule has 0 heterocycles. The van der Waals surface area contributed by atoms with Crippen molar-refractivity contribution in [2.45, 2.75) is 72.8 Å². The summed E-state index contributed by atoms with van der Waals surface area (Å²) in [6.45, 7) is 13.9. The van der Waals surface area contributed by atoms with Crippen molar-refractivity contribution >= 4 is 14.7 Å². The van der Waals surface area contributed by atoms with Gasteiger partial charge in [0.2, 0.25) is 0 Å². The second kappa shape index (κ2) is 12.9.